The molecule has 0 bridgehead atoms. The molecule has 6 heteroatoms. The van der Waals surface area contributed by atoms with Gasteiger partial charge in [-0.2, -0.15) is 0 Å². The van der Waals surface area contributed by atoms with Crippen LogP contribution in [-0.2, 0) is 6.54 Å². The number of hydrogen-bond acceptors (Lipinski definition) is 4. The van der Waals surface area contributed by atoms with Gasteiger partial charge in [-0.15, -0.1) is 11.3 Å². The summed E-state index contributed by atoms with van der Waals surface area (Å²) < 4.78 is 2.13. The molecule has 0 saturated carbocycles. The van der Waals surface area contributed by atoms with Gasteiger partial charge in [-0.1, -0.05) is 0 Å². The second-order valence-electron chi connectivity index (χ2n) is 2.97. The van der Waals surface area contributed by atoms with E-state index >= 15 is 0 Å². The van der Waals surface area contributed by atoms with E-state index in [9.17, 15) is 4.79 Å². The van der Waals surface area contributed by atoms with Crippen molar-refractivity contribution in [2.75, 3.05) is 5.73 Å². The number of nitrogens with zero attached hydrogens (tertiary/aromatic N) is 2. The highest BCUT2D eigenvalue weighted by atomic mass is 79.9. The van der Waals surface area contributed by atoms with E-state index in [2.05, 4.69) is 20.9 Å². The van der Waals surface area contributed by atoms with E-state index in [1.54, 1.807) is 22.9 Å². The first-order chi connectivity index (χ1) is 7.16. The Morgan fingerprint density at radius 3 is 3.07 bits per heavy atom. The van der Waals surface area contributed by atoms with Gasteiger partial charge in [0.15, 0.2) is 5.13 Å². The Kier molecular flexibility index (Phi) is 2.88. The predicted molar refractivity (Wildman–Crippen MR) is 64.0 cm³/mol. The molecule has 0 aliphatic carbocycles. The van der Waals surface area contributed by atoms with Gasteiger partial charge in [0.05, 0.1) is 16.7 Å². The Hall–Kier alpha value is -1.14. The summed E-state index contributed by atoms with van der Waals surface area (Å²) >= 11 is 4.56. The normalized spacial score (nSPS) is 10.5. The monoisotopic (exact) mass is 285 g/mol. The first-order valence-corrected chi connectivity index (χ1v) is 5.89. The number of anilines is 1. The molecule has 0 fully saturated rings. The van der Waals surface area contributed by atoms with E-state index in [0.717, 1.165) is 5.69 Å². The van der Waals surface area contributed by atoms with Crippen LogP contribution >= 0.6 is 27.3 Å². The molecule has 2 heterocycles. The first kappa shape index (κ1) is 10.4. The van der Waals surface area contributed by atoms with Crippen LogP contribution in [0.2, 0.25) is 0 Å². The Balaban J connectivity index is 2.32. The van der Waals surface area contributed by atoms with Crippen molar-refractivity contribution in [2.45, 2.75) is 6.54 Å². The Morgan fingerprint density at radius 2 is 2.40 bits per heavy atom. The highest BCUT2D eigenvalue weighted by Gasteiger charge is 2.03. The second-order valence-corrected chi connectivity index (χ2v) is 4.71. The molecule has 0 aliphatic heterocycles. The maximum atomic E-state index is 11.6. The number of hydrogen-bond donors (Lipinski definition) is 1. The fraction of sp³-hybridized carbons (Fsp3) is 0.111. The van der Waals surface area contributed by atoms with Gasteiger partial charge >= 0.3 is 0 Å². The topological polar surface area (TPSA) is 60.9 Å². The maximum Gasteiger partial charge on any atom is 0.265 e. The van der Waals surface area contributed by atoms with E-state index in [4.69, 9.17) is 5.73 Å². The molecule has 15 heavy (non-hydrogen) atoms. The number of halogens is 1. The molecular weight excluding hydrogens is 278 g/mol. The molecule has 78 valence electrons. The fourth-order valence-corrected chi connectivity index (χ4v) is 2.14. The standard InChI is InChI=1S/C9H8BrN3OS/c10-7-2-1-3-13(8(7)14)4-6-5-15-9(11)12-6/h1-3,5H,4H2,(H2,11,12). The molecule has 4 nitrogen and oxygen atoms in total. The summed E-state index contributed by atoms with van der Waals surface area (Å²) in [7, 11) is 0. The summed E-state index contributed by atoms with van der Waals surface area (Å²) in [5, 5.41) is 2.37. The van der Waals surface area contributed by atoms with Crippen LogP contribution in [0.4, 0.5) is 5.13 Å². The molecule has 0 amide bonds. The molecule has 0 atom stereocenters. The zero-order valence-electron chi connectivity index (χ0n) is 7.68. The Morgan fingerprint density at radius 1 is 1.60 bits per heavy atom. The van der Waals surface area contributed by atoms with E-state index in [0.29, 0.717) is 16.1 Å². The average Bonchev–Trinajstić information content (AvgIpc) is 2.59. The molecule has 0 radical (unpaired) electrons. The summed E-state index contributed by atoms with van der Waals surface area (Å²) in [6.07, 6.45) is 1.72. The minimum absolute atomic E-state index is 0.0657. The van der Waals surface area contributed by atoms with Crippen LogP contribution < -0.4 is 11.3 Å². The largest absolute Gasteiger partial charge is 0.375 e. The molecular formula is C9H8BrN3OS. The van der Waals surface area contributed by atoms with Crippen LogP contribution in [0.3, 0.4) is 0 Å². The summed E-state index contributed by atoms with van der Waals surface area (Å²) in [6.45, 7) is 0.450. The number of aromatic nitrogens is 2. The lowest BCUT2D eigenvalue weighted by molar-refractivity contribution is 0.741. The van der Waals surface area contributed by atoms with Gasteiger partial charge in [0.25, 0.3) is 5.56 Å². The zero-order chi connectivity index (χ0) is 10.8. The van der Waals surface area contributed by atoms with Crippen LogP contribution in [-0.4, -0.2) is 9.55 Å². The molecule has 0 saturated heterocycles. The van der Waals surface area contributed by atoms with Crippen LogP contribution in [0.1, 0.15) is 5.69 Å². The molecule has 0 aromatic carbocycles. The van der Waals surface area contributed by atoms with Gasteiger partial charge in [-0.25, -0.2) is 4.98 Å². The van der Waals surface area contributed by atoms with Crippen molar-refractivity contribution >= 4 is 32.4 Å². The van der Waals surface area contributed by atoms with Crippen molar-refractivity contribution < 1.29 is 0 Å². The van der Waals surface area contributed by atoms with E-state index in [1.807, 2.05) is 5.38 Å². The lowest BCUT2D eigenvalue weighted by Gasteiger charge is -2.02. The highest BCUT2D eigenvalue weighted by Crippen LogP contribution is 2.11. The molecule has 2 aromatic heterocycles. The minimum Gasteiger partial charge on any atom is -0.375 e. The van der Waals surface area contributed by atoms with Crippen molar-refractivity contribution in [1.82, 2.24) is 9.55 Å². The highest BCUT2D eigenvalue weighted by molar-refractivity contribution is 9.10. The SMILES string of the molecule is Nc1nc(Cn2cccc(Br)c2=O)cs1. The molecule has 2 aromatic rings. The lowest BCUT2D eigenvalue weighted by atomic mass is 10.4. The van der Waals surface area contributed by atoms with Crippen LogP contribution in [0.25, 0.3) is 0 Å². The third kappa shape index (κ3) is 2.27. The summed E-state index contributed by atoms with van der Waals surface area (Å²) in [5.74, 6) is 0. The molecule has 0 spiro atoms. The van der Waals surface area contributed by atoms with Gasteiger partial charge in [0.2, 0.25) is 0 Å². The number of rotatable bonds is 2. The fourth-order valence-electron chi connectivity index (χ4n) is 1.20. The third-order valence-corrected chi connectivity index (χ3v) is 3.20. The summed E-state index contributed by atoms with van der Waals surface area (Å²) in [4.78, 5) is 15.7. The van der Waals surface area contributed by atoms with Crippen LogP contribution in [0, 0.1) is 0 Å². The second kappa shape index (κ2) is 4.16. The van der Waals surface area contributed by atoms with Gasteiger partial charge in [0, 0.05) is 11.6 Å². The molecule has 2 rings (SSSR count). The molecule has 2 N–H and O–H groups in total. The van der Waals surface area contributed by atoms with Gasteiger partial charge in [0.1, 0.15) is 0 Å². The minimum atomic E-state index is -0.0657. The van der Waals surface area contributed by atoms with Crippen molar-refractivity contribution in [2.24, 2.45) is 0 Å². The van der Waals surface area contributed by atoms with Gasteiger partial charge < -0.3 is 10.3 Å². The number of thiazole rings is 1. The number of nitrogen functional groups attached to an aromatic ring is 1. The van der Waals surface area contributed by atoms with Gasteiger partial charge in [-0.05, 0) is 28.1 Å². The summed E-state index contributed by atoms with van der Waals surface area (Å²) in [6, 6.07) is 3.52. The van der Waals surface area contributed by atoms with Gasteiger partial charge in [-0.3, -0.25) is 4.79 Å². The Labute approximate surface area is 98.5 Å². The maximum absolute atomic E-state index is 11.6. The predicted octanol–water partition coefficient (Wildman–Crippen LogP) is 1.70. The number of pyridine rings is 1. The number of nitrogens with two attached hydrogens (primary N) is 1. The molecule has 0 aliphatic rings. The average molecular weight is 286 g/mol. The quantitative estimate of drug-likeness (QED) is 0.914. The van der Waals surface area contributed by atoms with Crippen LogP contribution in [0.5, 0.6) is 0 Å². The lowest BCUT2D eigenvalue weighted by Crippen LogP contribution is -2.20. The van der Waals surface area contributed by atoms with E-state index in [-0.39, 0.29) is 5.56 Å². The van der Waals surface area contributed by atoms with Crippen molar-refractivity contribution in [3.8, 4) is 0 Å². The summed E-state index contributed by atoms with van der Waals surface area (Å²) in [5.41, 5.74) is 6.25. The molecule has 0 unspecified atom stereocenters. The van der Waals surface area contributed by atoms with E-state index in [1.165, 1.54) is 11.3 Å². The van der Waals surface area contributed by atoms with Crippen molar-refractivity contribution in [3.63, 3.8) is 0 Å². The van der Waals surface area contributed by atoms with Crippen LogP contribution in [0.15, 0.2) is 33.0 Å². The first-order valence-electron chi connectivity index (χ1n) is 4.21. The Bertz CT molecular complexity index is 534. The third-order valence-electron chi connectivity index (χ3n) is 1.88. The van der Waals surface area contributed by atoms with Crippen molar-refractivity contribution in [1.29, 1.82) is 0 Å². The zero-order valence-corrected chi connectivity index (χ0v) is 10.1. The van der Waals surface area contributed by atoms with E-state index < -0.39 is 0 Å². The smallest absolute Gasteiger partial charge is 0.265 e. The van der Waals surface area contributed by atoms with Crippen molar-refractivity contribution in [3.05, 3.63) is 44.2 Å².